The zero-order valence-electron chi connectivity index (χ0n) is 19.7. The number of aromatic amines is 1. The summed E-state index contributed by atoms with van der Waals surface area (Å²) in [6.45, 7) is 3.73. The molecule has 1 aromatic carbocycles. The Balaban J connectivity index is 1.44. The van der Waals surface area contributed by atoms with Gasteiger partial charge in [0.05, 0.1) is 18.0 Å². The minimum absolute atomic E-state index is 0.117. The fourth-order valence-corrected chi connectivity index (χ4v) is 7.00. The number of halogens is 1. The number of anilines is 1. The number of nitrogens with zero attached hydrogens (tertiary/aromatic N) is 2. The number of hydrogen-bond donors (Lipinski definition) is 2. The maximum absolute atomic E-state index is 15.7. The third-order valence-corrected chi connectivity index (χ3v) is 8.89. The second kappa shape index (κ2) is 8.37. The molecule has 3 aromatic rings. The highest BCUT2D eigenvalue weighted by atomic mass is 32.1. The van der Waals surface area contributed by atoms with Gasteiger partial charge in [-0.2, -0.15) is 0 Å². The van der Waals surface area contributed by atoms with Crippen LogP contribution in [0.5, 0.6) is 5.75 Å². The van der Waals surface area contributed by atoms with Crippen molar-refractivity contribution in [1.82, 2.24) is 14.3 Å². The molecule has 9 heteroatoms. The van der Waals surface area contributed by atoms with Gasteiger partial charge in [-0.3, -0.25) is 14.0 Å². The fourth-order valence-electron chi connectivity index (χ4n) is 6.09. The molecule has 34 heavy (non-hydrogen) atoms. The largest absolute Gasteiger partial charge is 0.492 e. The van der Waals surface area contributed by atoms with Crippen molar-refractivity contribution in [2.45, 2.75) is 70.0 Å². The van der Waals surface area contributed by atoms with E-state index in [1.807, 2.05) is 4.57 Å². The van der Waals surface area contributed by atoms with E-state index in [9.17, 15) is 9.59 Å². The average Bonchev–Trinajstić information content (AvgIpc) is 3.18. The Bertz CT molecular complexity index is 1370. The Kier molecular flexibility index (Phi) is 5.44. The van der Waals surface area contributed by atoms with E-state index in [0.717, 1.165) is 32.4 Å². The third-order valence-electron chi connectivity index (χ3n) is 8.01. The van der Waals surface area contributed by atoms with E-state index in [1.54, 1.807) is 7.11 Å². The molecule has 3 aliphatic rings. The molecule has 1 aliphatic heterocycles. The first-order valence-corrected chi connectivity index (χ1v) is 13.3. The standard InChI is InChI=1S/C25H31FN4O3S/c1-13(27-15-5-3-4-6-15)14-9-10-29(12-14)21-18(26)11-17-20(23(21)33-2)30(16-7-8-16)25-19(22(17)31)24(32)28-34-25/h11,13-16,27H,3-10,12H2,1-2H3,(H,28,32). The van der Waals surface area contributed by atoms with Crippen LogP contribution in [0.2, 0.25) is 0 Å². The normalized spacial score (nSPS) is 22.3. The summed E-state index contributed by atoms with van der Waals surface area (Å²) in [4.78, 5) is 28.3. The molecule has 2 N–H and O–H groups in total. The van der Waals surface area contributed by atoms with Gasteiger partial charge in [0, 0.05) is 31.2 Å². The number of nitrogens with one attached hydrogen (secondary N) is 2. The number of aromatic nitrogens is 2. The lowest BCUT2D eigenvalue weighted by Gasteiger charge is -2.27. The number of hydrogen-bond acceptors (Lipinski definition) is 6. The molecule has 2 aromatic heterocycles. The Morgan fingerprint density at radius 1 is 1.21 bits per heavy atom. The smallest absolute Gasteiger partial charge is 0.271 e. The van der Waals surface area contributed by atoms with Gasteiger partial charge in [-0.15, -0.1) is 0 Å². The SMILES string of the molecule is COc1c(N2CCC(C(C)NC3CCCC3)C2)c(F)cc2c(=O)c3c(=O)[nH]sc3n(C3CC3)c12. The fraction of sp³-hybridized carbons (Fsp3) is 0.600. The van der Waals surface area contributed by atoms with E-state index < -0.39 is 16.8 Å². The minimum atomic E-state index is -0.466. The molecule has 0 amide bonds. The van der Waals surface area contributed by atoms with Gasteiger partial charge < -0.3 is 19.5 Å². The first-order valence-electron chi connectivity index (χ1n) is 12.4. The van der Waals surface area contributed by atoms with Crippen molar-refractivity contribution in [3.63, 3.8) is 0 Å². The molecule has 0 bridgehead atoms. The first kappa shape index (κ1) is 22.1. The molecular formula is C25H31FN4O3S. The number of fused-ring (bicyclic) bond motifs is 2. The molecule has 2 saturated carbocycles. The Morgan fingerprint density at radius 2 is 1.97 bits per heavy atom. The number of H-pyrrole nitrogens is 1. The summed E-state index contributed by atoms with van der Waals surface area (Å²) >= 11 is 1.17. The average molecular weight is 487 g/mol. The predicted octanol–water partition coefficient (Wildman–Crippen LogP) is 4.13. The topological polar surface area (TPSA) is 79.4 Å². The van der Waals surface area contributed by atoms with Gasteiger partial charge in [-0.1, -0.05) is 12.8 Å². The highest BCUT2D eigenvalue weighted by molar-refractivity contribution is 7.12. The summed E-state index contributed by atoms with van der Waals surface area (Å²) in [6, 6.07) is 2.47. The quantitative estimate of drug-likeness (QED) is 0.548. The van der Waals surface area contributed by atoms with Gasteiger partial charge in [-0.25, -0.2) is 4.39 Å². The summed E-state index contributed by atoms with van der Waals surface area (Å²) < 4.78 is 26.2. The van der Waals surface area contributed by atoms with Gasteiger partial charge in [0.25, 0.3) is 5.56 Å². The first-order chi connectivity index (χ1) is 16.5. The summed E-state index contributed by atoms with van der Waals surface area (Å²) in [6.07, 6.45) is 7.99. The van der Waals surface area contributed by atoms with Crippen LogP contribution in [0.3, 0.4) is 0 Å². The number of pyridine rings is 1. The van der Waals surface area contributed by atoms with Crippen molar-refractivity contribution in [2.75, 3.05) is 25.1 Å². The van der Waals surface area contributed by atoms with Crippen LogP contribution in [0.4, 0.5) is 10.1 Å². The van der Waals surface area contributed by atoms with Crippen molar-refractivity contribution in [2.24, 2.45) is 5.92 Å². The van der Waals surface area contributed by atoms with E-state index in [4.69, 9.17) is 4.74 Å². The van der Waals surface area contributed by atoms with Gasteiger partial charge in [-0.05, 0) is 62.5 Å². The zero-order valence-corrected chi connectivity index (χ0v) is 20.5. The second-order valence-electron chi connectivity index (χ2n) is 10.2. The molecule has 182 valence electrons. The van der Waals surface area contributed by atoms with Crippen molar-refractivity contribution in [3.05, 3.63) is 32.5 Å². The molecule has 2 unspecified atom stereocenters. The van der Waals surface area contributed by atoms with Crippen LogP contribution < -0.4 is 25.9 Å². The number of methoxy groups -OCH3 is 1. The van der Waals surface area contributed by atoms with E-state index in [2.05, 4.69) is 21.5 Å². The van der Waals surface area contributed by atoms with Gasteiger partial charge in [0.15, 0.2) is 11.6 Å². The Labute approximate surface area is 201 Å². The van der Waals surface area contributed by atoms with Crippen LogP contribution in [0.15, 0.2) is 15.7 Å². The third kappa shape index (κ3) is 3.47. The van der Waals surface area contributed by atoms with Crippen LogP contribution in [0.1, 0.15) is 57.9 Å². The molecule has 1 saturated heterocycles. The van der Waals surface area contributed by atoms with E-state index in [-0.39, 0.29) is 16.8 Å². The highest BCUT2D eigenvalue weighted by Crippen LogP contribution is 2.46. The van der Waals surface area contributed by atoms with Gasteiger partial charge >= 0.3 is 0 Å². The number of benzene rings is 1. The summed E-state index contributed by atoms with van der Waals surface area (Å²) in [5.74, 6) is 0.356. The lowest BCUT2D eigenvalue weighted by molar-refractivity contribution is 0.356. The van der Waals surface area contributed by atoms with Crippen LogP contribution in [0.25, 0.3) is 21.1 Å². The Hall–Kier alpha value is -2.39. The lowest BCUT2D eigenvalue weighted by atomic mass is 9.99. The second-order valence-corrected chi connectivity index (χ2v) is 11.0. The van der Waals surface area contributed by atoms with Crippen LogP contribution in [-0.2, 0) is 0 Å². The van der Waals surface area contributed by atoms with Gasteiger partial charge in [0.1, 0.15) is 15.9 Å². The minimum Gasteiger partial charge on any atom is -0.492 e. The van der Waals surface area contributed by atoms with Crippen molar-refractivity contribution in [1.29, 1.82) is 0 Å². The molecule has 6 rings (SSSR count). The molecular weight excluding hydrogens is 455 g/mol. The molecule has 7 nitrogen and oxygen atoms in total. The van der Waals surface area contributed by atoms with Gasteiger partial charge in [0.2, 0.25) is 5.43 Å². The van der Waals surface area contributed by atoms with Crippen molar-refractivity contribution < 1.29 is 9.13 Å². The highest BCUT2D eigenvalue weighted by Gasteiger charge is 2.35. The molecule has 2 aliphatic carbocycles. The molecule has 3 fully saturated rings. The molecule has 3 heterocycles. The maximum atomic E-state index is 15.7. The van der Waals surface area contributed by atoms with E-state index >= 15 is 4.39 Å². The molecule has 0 spiro atoms. The summed E-state index contributed by atoms with van der Waals surface area (Å²) in [5, 5.41) is 4.13. The van der Waals surface area contributed by atoms with E-state index in [0.29, 0.717) is 39.8 Å². The van der Waals surface area contributed by atoms with E-state index in [1.165, 1.54) is 43.3 Å². The van der Waals surface area contributed by atoms with Crippen LogP contribution in [0, 0.1) is 11.7 Å². The Morgan fingerprint density at radius 3 is 2.68 bits per heavy atom. The molecule has 2 atom stereocenters. The van der Waals surface area contributed by atoms with Crippen LogP contribution in [-0.4, -0.2) is 41.2 Å². The maximum Gasteiger partial charge on any atom is 0.271 e. The molecule has 0 radical (unpaired) electrons. The summed E-state index contributed by atoms with van der Waals surface area (Å²) in [5.41, 5.74) is 0.203. The number of rotatable bonds is 6. The van der Waals surface area contributed by atoms with Crippen molar-refractivity contribution >= 4 is 38.3 Å². The van der Waals surface area contributed by atoms with Crippen molar-refractivity contribution in [3.8, 4) is 5.75 Å². The monoisotopic (exact) mass is 486 g/mol. The lowest BCUT2D eigenvalue weighted by Crippen LogP contribution is -2.40. The van der Waals surface area contributed by atoms with Crippen LogP contribution >= 0.6 is 11.5 Å². The summed E-state index contributed by atoms with van der Waals surface area (Å²) in [7, 11) is 1.54. The number of ether oxygens (including phenoxy) is 1. The predicted molar refractivity (Wildman–Crippen MR) is 134 cm³/mol. The zero-order chi connectivity index (χ0) is 23.6.